The van der Waals surface area contributed by atoms with Gasteiger partial charge in [0, 0.05) is 53.8 Å². The maximum absolute atomic E-state index is 5.55. The van der Waals surface area contributed by atoms with Gasteiger partial charge in [-0.05, 0) is 62.2 Å². The maximum Gasteiger partial charge on any atom is 0.231 e. The number of nitrogens with zero attached hydrogens (tertiary/aromatic N) is 3. The fraction of sp³-hybridized carbons (Fsp3) is 0.240. The van der Waals surface area contributed by atoms with Crippen LogP contribution < -0.4 is 14.8 Å². The SMILES string of the molecule is Cc1cc(CNC(C)c2ccc(-n3ccnc3)cc2)c(C)n1-c1ccc2c(c1)OCO2. The second-order valence-corrected chi connectivity index (χ2v) is 7.93. The van der Waals surface area contributed by atoms with E-state index in [1.807, 2.05) is 29.2 Å². The number of ether oxygens (including phenoxy) is 2. The summed E-state index contributed by atoms with van der Waals surface area (Å²) in [6.45, 7) is 7.59. The van der Waals surface area contributed by atoms with Crippen molar-refractivity contribution in [1.29, 1.82) is 0 Å². The van der Waals surface area contributed by atoms with E-state index in [0.717, 1.165) is 29.4 Å². The third-order valence-electron chi connectivity index (χ3n) is 5.94. The average molecular weight is 415 g/mol. The molecule has 2 aromatic carbocycles. The Bertz CT molecular complexity index is 1190. The van der Waals surface area contributed by atoms with Gasteiger partial charge in [-0.15, -0.1) is 0 Å². The predicted molar refractivity (Wildman–Crippen MR) is 120 cm³/mol. The summed E-state index contributed by atoms with van der Waals surface area (Å²) in [5.41, 5.74) is 7.18. The van der Waals surface area contributed by atoms with Gasteiger partial charge in [0.1, 0.15) is 0 Å². The average Bonchev–Trinajstić information content (AvgIpc) is 3.52. The lowest BCUT2D eigenvalue weighted by molar-refractivity contribution is 0.174. The topological polar surface area (TPSA) is 53.2 Å². The Morgan fingerprint density at radius 2 is 1.77 bits per heavy atom. The molecule has 0 saturated carbocycles. The number of fused-ring (bicyclic) bond motifs is 1. The second-order valence-electron chi connectivity index (χ2n) is 7.93. The molecule has 1 N–H and O–H groups in total. The van der Waals surface area contributed by atoms with Gasteiger partial charge >= 0.3 is 0 Å². The van der Waals surface area contributed by atoms with Crippen LogP contribution in [0.2, 0.25) is 0 Å². The van der Waals surface area contributed by atoms with E-state index >= 15 is 0 Å². The zero-order chi connectivity index (χ0) is 21.4. The van der Waals surface area contributed by atoms with Gasteiger partial charge in [0.15, 0.2) is 11.5 Å². The Kier molecular flexibility index (Phi) is 5.00. The van der Waals surface area contributed by atoms with Crippen LogP contribution in [0.3, 0.4) is 0 Å². The number of aryl methyl sites for hydroxylation is 1. The van der Waals surface area contributed by atoms with Crippen molar-refractivity contribution in [2.45, 2.75) is 33.4 Å². The summed E-state index contributed by atoms with van der Waals surface area (Å²) in [7, 11) is 0. The van der Waals surface area contributed by atoms with Crippen LogP contribution in [0, 0.1) is 13.8 Å². The van der Waals surface area contributed by atoms with Crippen LogP contribution in [0.5, 0.6) is 11.5 Å². The first-order chi connectivity index (χ1) is 15.1. The summed E-state index contributed by atoms with van der Waals surface area (Å²) in [6, 6.07) is 17.2. The third kappa shape index (κ3) is 3.70. The Morgan fingerprint density at radius 1 is 1.00 bits per heavy atom. The van der Waals surface area contributed by atoms with Crippen molar-refractivity contribution in [3.05, 3.63) is 89.8 Å². The van der Waals surface area contributed by atoms with Crippen molar-refractivity contribution in [3.63, 3.8) is 0 Å². The molecule has 158 valence electrons. The summed E-state index contributed by atoms with van der Waals surface area (Å²) in [5, 5.41) is 3.67. The molecule has 1 aliphatic rings. The van der Waals surface area contributed by atoms with E-state index in [-0.39, 0.29) is 6.04 Å². The van der Waals surface area contributed by atoms with Crippen molar-refractivity contribution in [2.75, 3.05) is 6.79 Å². The molecule has 31 heavy (non-hydrogen) atoms. The number of nitrogens with one attached hydrogen (secondary N) is 1. The highest BCUT2D eigenvalue weighted by atomic mass is 16.7. The van der Waals surface area contributed by atoms with Gasteiger partial charge in [0.05, 0.1) is 6.33 Å². The van der Waals surface area contributed by atoms with Gasteiger partial charge in [-0.25, -0.2) is 4.98 Å². The lowest BCUT2D eigenvalue weighted by Gasteiger charge is -2.15. The van der Waals surface area contributed by atoms with E-state index in [1.165, 1.54) is 22.5 Å². The normalized spacial score (nSPS) is 13.5. The van der Waals surface area contributed by atoms with Crippen molar-refractivity contribution in [1.82, 2.24) is 19.4 Å². The molecule has 3 heterocycles. The van der Waals surface area contributed by atoms with Crippen LogP contribution in [0.25, 0.3) is 11.4 Å². The largest absolute Gasteiger partial charge is 0.454 e. The molecule has 5 rings (SSSR count). The monoisotopic (exact) mass is 414 g/mol. The van der Waals surface area contributed by atoms with E-state index in [1.54, 1.807) is 6.20 Å². The molecule has 0 radical (unpaired) electrons. The van der Waals surface area contributed by atoms with E-state index in [4.69, 9.17) is 9.47 Å². The molecule has 0 bridgehead atoms. The van der Waals surface area contributed by atoms with Crippen LogP contribution in [-0.4, -0.2) is 20.9 Å². The summed E-state index contributed by atoms with van der Waals surface area (Å²) in [6.07, 6.45) is 5.55. The molecular weight excluding hydrogens is 388 g/mol. The van der Waals surface area contributed by atoms with Crippen LogP contribution in [0.15, 0.2) is 67.3 Å². The number of hydrogen-bond acceptors (Lipinski definition) is 4. The fourth-order valence-electron chi connectivity index (χ4n) is 4.16. The van der Waals surface area contributed by atoms with E-state index < -0.39 is 0 Å². The van der Waals surface area contributed by atoms with Crippen LogP contribution in [0.4, 0.5) is 0 Å². The molecule has 0 aliphatic carbocycles. The van der Waals surface area contributed by atoms with Crippen molar-refractivity contribution < 1.29 is 9.47 Å². The third-order valence-corrected chi connectivity index (χ3v) is 5.94. The van der Waals surface area contributed by atoms with E-state index in [0.29, 0.717) is 6.79 Å². The highest BCUT2D eigenvalue weighted by Gasteiger charge is 2.17. The minimum Gasteiger partial charge on any atom is -0.454 e. The fourth-order valence-corrected chi connectivity index (χ4v) is 4.16. The summed E-state index contributed by atoms with van der Waals surface area (Å²) >= 11 is 0. The number of hydrogen-bond donors (Lipinski definition) is 1. The highest BCUT2D eigenvalue weighted by Crippen LogP contribution is 2.35. The van der Waals surface area contributed by atoms with Crippen molar-refractivity contribution in [3.8, 4) is 22.9 Å². The molecule has 1 aliphatic heterocycles. The van der Waals surface area contributed by atoms with Crippen molar-refractivity contribution in [2.24, 2.45) is 0 Å². The standard InChI is InChI=1S/C25H26N4O2/c1-17-12-21(19(3)29(17)23-8-9-24-25(13-23)31-16-30-24)14-27-18(2)20-4-6-22(7-5-20)28-11-10-26-15-28/h4-13,15,18,27H,14,16H2,1-3H3. The Morgan fingerprint density at radius 3 is 2.55 bits per heavy atom. The zero-order valence-corrected chi connectivity index (χ0v) is 18.0. The van der Waals surface area contributed by atoms with Crippen LogP contribution in [0.1, 0.15) is 35.5 Å². The number of imidazole rings is 1. The van der Waals surface area contributed by atoms with Gasteiger partial charge in [0.25, 0.3) is 0 Å². The Balaban J connectivity index is 1.30. The first-order valence-electron chi connectivity index (χ1n) is 10.5. The van der Waals surface area contributed by atoms with Gasteiger partial charge in [0.2, 0.25) is 6.79 Å². The maximum atomic E-state index is 5.55. The minimum atomic E-state index is 0.241. The smallest absolute Gasteiger partial charge is 0.231 e. The van der Waals surface area contributed by atoms with Gasteiger partial charge in [-0.3, -0.25) is 0 Å². The molecule has 1 atom stereocenters. The van der Waals surface area contributed by atoms with E-state index in [9.17, 15) is 0 Å². The molecule has 4 aromatic rings. The predicted octanol–water partition coefficient (Wildman–Crippen LogP) is 4.86. The van der Waals surface area contributed by atoms with Gasteiger partial charge in [-0.2, -0.15) is 0 Å². The molecule has 0 spiro atoms. The summed E-state index contributed by atoms with van der Waals surface area (Å²) < 4.78 is 15.3. The molecular formula is C25H26N4O2. The highest BCUT2D eigenvalue weighted by molar-refractivity contribution is 5.52. The minimum absolute atomic E-state index is 0.241. The van der Waals surface area contributed by atoms with E-state index in [2.05, 4.69) is 72.0 Å². The number of rotatable bonds is 6. The Hall–Kier alpha value is -3.51. The molecule has 0 amide bonds. The van der Waals surface area contributed by atoms with Gasteiger partial charge < -0.3 is 23.9 Å². The molecule has 0 fully saturated rings. The molecule has 0 saturated heterocycles. The quantitative estimate of drug-likeness (QED) is 0.490. The van der Waals surface area contributed by atoms with Crippen LogP contribution in [-0.2, 0) is 6.54 Å². The zero-order valence-electron chi connectivity index (χ0n) is 18.0. The number of aromatic nitrogens is 3. The second kappa shape index (κ2) is 7.96. The Labute approximate surface area is 182 Å². The summed E-state index contributed by atoms with van der Waals surface area (Å²) in [4.78, 5) is 4.11. The first kappa shape index (κ1) is 19.5. The molecule has 1 unspecified atom stereocenters. The molecule has 6 nitrogen and oxygen atoms in total. The summed E-state index contributed by atoms with van der Waals surface area (Å²) in [5.74, 6) is 1.61. The molecule has 2 aromatic heterocycles. The lowest BCUT2D eigenvalue weighted by Crippen LogP contribution is -2.18. The first-order valence-corrected chi connectivity index (χ1v) is 10.5. The number of benzene rings is 2. The molecule has 6 heteroatoms. The van der Waals surface area contributed by atoms with Gasteiger partial charge in [-0.1, -0.05) is 12.1 Å². The van der Waals surface area contributed by atoms with Crippen LogP contribution >= 0.6 is 0 Å². The lowest BCUT2D eigenvalue weighted by atomic mass is 10.1. The van der Waals surface area contributed by atoms with Crippen molar-refractivity contribution >= 4 is 0 Å².